The minimum absolute atomic E-state index is 0.233. The van der Waals surface area contributed by atoms with Crippen molar-refractivity contribution in [1.82, 2.24) is 5.32 Å². The summed E-state index contributed by atoms with van der Waals surface area (Å²) in [5.41, 5.74) is -1.02. The maximum absolute atomic E-state index is 12.1. The van der Waals surface area contributed by atoms with Crippen LogP contribution in [0.15, 0.2) is 24.3 Å². The highest BCUT2D eigenvalue weighted by molar-refractivity contribution is 5.80. The Kier molecular flexibility index (Phi) is 5.22. The molecule has 1 unspecified atom stereocenters. The minimum Gasteiger partial charge on any atom is -0.480 e. The van der Waals surface area contributed by atoms with Crippen LogP contribution in [0.1, 0.15) is 26.3 Å². The summed E-state index contributed by atoms with van der Waals surface area (Å²) < 4.78 is 40.0. The van der Waals surface area contributed by atoms with Crippen molar-refractivity contribution in [2.24, 2.45) is 5.92 Å². The molecule has 118 valence electrons. The molecule has 0 aliphatic heterocycles. The summed E-state index contributed by atoms with van der Waals surface area (Å²) in [4.78, 5) is 11.5. The summed E-state index contributed by atoms with van der Waals surface area (Å²) in [6.45, 7) is 5.78. The van der Waals surface area contributed by atoms with Gasteiger partial charge >= 0.3 is 12.3 Å². The highest BCUT2D eigenvalue weighted by Gasteiger charge is 2.35. The number of nitrogens with one attached hydrogen (secondary N) is 1. The number of aliphatic carboxylic acids is 1. The second kappa shape index (κ2) is 6.34. The fourth-order valence-electron chi connectivity index (χ4n) is 1.70. The van der Waals surface area contributed by atoms with Gasteiger partial charge in [-0.05, 0) is 37.1 Å². The van der Waals surface area contributed by atoms with Gasteiger partial charge in [0.05, 0.1) is 0 Å². The topological polar surface area (TPSA) is 58.6 Å². The monoisotopic (exact) mass is 305 g/mol. The first-order valence-corrected chi connectivity index (χ1v) is 6.39. The standard InChI is InChI=1S/C14H18F3NO3/c1-9(2)8-18-13(3,12(19)20)10-4-6-11(7-5-10)21-14(15,16)17/h4-7,9,18H,8H2,1-3H3,(H,19,20). The van der Waals surface area contributed by atoms with Crippen molar-refractivity contribution in [2.45, 2.75) is 32.7 Å². The van der Waals surface area contributed by atoms with E-state index in [0.717, 1.165) is 12.1 Å². The molecule has 0 fully saturated rings. The van der Waals surface area contributed by atoms with Crippen LogP contribution >= 0.6 is 0 Å². The van der Waals surface area contributed by atoms with Gasteiger partial charge in [-0.25, -0.2) is 4.79 Å². The Morgan fingerprint density at radius 3 is 2.19 bits per heavy atom. The van der Waals surface area contributed by atoms with Gasteiger partial charge in [-0.1, -0.05) is 26.0 Å². The predicted octanol–water partition coefficient (Wildman–Crippen LogP) is 3.13. The van der Waals surface area contributed by atoms with E-state index in [2.05, 4.69) is 10.1 Å². The molecule has 0 saturated carbocycles. The summed E-state index contributed by atoms with van der Waals surface area (Å²) in [5, 5.41) is 12.3. The molecule has 0 heterocycles. The van der Waals surface area contributed by atoms with Gasteiger partial charge in [0, 0.05) is 0 Å². The molecule has 21 heavy (non-hydrogen) atoms. The molecule has 0 aliphatic rings. The zero-order valence-electron chi connectivity index (χ0n) is 12.0. The number of rotatable bonds is 6. The molecular formula is C14H18F3NO3. The molecule has 7 heteroatoms. The van der Waals surface area contributed by atoms with Crippen molar-refractivity contribution in [2.75, 3.05) is 6.54 Å². The molecule has 1 rings (SSSR count). The van der Waals surface area contributed by atoms with Gasteiger partial charge in [-0.15, -0.1) is 13.2 Å². The van der Waals surface area contributed by atoms with E-state index in [1.165, 1.54) is 19.1 Å². The highest BCUT2D eigenvalue weighted by Crippen LogP contribution is 2.27. The molecule has 0 bridgehead atoms. The first-order valence-electron chi connectivity index (χ1n) is 6.39. The van der Waals surface area contributed by atoms with E-state index in [9.17, 15) is 23.1 Å². The third kappa shape index (κ3) is 4.93. The Hall–Kier alpha value is -1.76. The van der Waals surface area contributed by atoms with Gasteiger partial charge in [0.1, 0.15) is 11.3 Å². The van der Waals surface area contributed by atoms with Crippen LogP contribution in [-0.4, -0.2) is 24.0 Å². The maximum Gasteiger partial charge on any atom is 0.573 e. The van der Waals surface area contributed by atoms with Gasteiger partial charge < -0.3 is 9.84 Å². The van der Waals surface area contributed by atoms with Crippen molar-refractivity contribution in [3.05, 3.63) is 29.8 Å². The van der Waals surface area contributed by atoms with E-state index >= 15 is 0 Å². The van der Waals surface area contributed by atoms with Crippen molar-refractivity contribution in [3.63, 3.8) is 0 Å². The van der Waals surface area contributed by atoms with Gasteiger partial charge in [0.25, 0.3) is 0 Å². The van der Waals surface area contributed by atoms with E-state index < -0.39 is 17.9 Å². The lowest BCUT2D eigenvalue weighted by atomic mass is 9.91. The maximum atomic E-state index is 12.1. The second-order valence-electron chi connectivity index (χ2n) is 5.28. The van der Waals surface area contributed by atoms with Crippen LogP contribution in [0.25, 0.3) is 0 Å². The lowest BCUT2D eigenvalue weighted by Crippen LogP contribution is -2.48. The zero-order valence-corrected chi connectivity index (χ0v) is 12.0. The number of hydrogen-bond donors (Lipinski definition) is 2. The van der Waals surface area contributed by atoms with Crippen LogP contribution in [-0.2, 0) is 10.3 Å². The van der Waals surface area contributed by atoms with Gasteiger partial charge in [-0.2, -0.15) is 0 Å². The number of alkyl halides is 3. The Bertz CT molecular complexity index is 485. The molecule has 1 aromatic rings. The number of carboxylic acid groups (broad SMARTS) is 1. The third-order valence-electron chi connectivity index (χ3n) is 2.96. The summed E-state index contributed by atoms with van der Waals surface area (Å²) in [6, 6.07) is 4.81. The van der Waals surface area contributed by atoms with Gasteiger partial charge in [0.15, 0.2) is 0 Å². The minimum atomic E-state index is -4.77. The first-order chi connectivity index (χ1) is 9.54. The SMILES string of the molecule is CC(C)CNC(C)(C(=O)O)c1ccc(OC(F)(F)F)cc1. The van der Waals surface area contributed by atoms with E-state index in [4.69, 9.17) is 0 Å². The Morgan fingerprint density at radius 2 is 1.81 bits per heavy atom. The van der Waals surface area contributed by atoms with E-state index in [1.54, 1.807) is 0 Å². The molecule has 0 aromatic heterocycles. The number of ether oxygens (including phenoxy) is 1. The van der Waals surface area contributed by atoms with Crippen LogP contribution in [0.4, 0.5) is 13.2 Å². The molecule has 4 nitrogen and oxygen atoms in total. The van der Waals surface area contributed by atoms with Crippen molar-refractivity contribution >= 4 is 5.97 Å². The fraction of sp³-hybridized carbons (Fsp3) is 0.500. The molecular weight excluding hydrogens is 287 g/mol. The molecule has 1 aromatic carbocycles. The average molecular weight is 305 g/mol. The summed E-state index contributed by atoms with van der Waals surface area (Å²) in [5.74, 6) is -1.26. The van der Waals surface area contributed by atoms with Gasteiger partial charge in [0.2, 0.25) is 0 Å². The smallest absolute Gasteiger partial charge is 0.480 e. The number of benzene rings is 1. The van der Waals surface area contributed by atoms with Crippen LogP contribution < -0.4 is 10.1 Å². The van der Waals surface area contributed by atoms with Crippen molar-refractivity contribution in [3.8, 4) is 5.75 Å². The zero-order chi connectivity index (χ0) is 16.3. The molecule has 0 aliphatic carbocycles. The molecule has 0 saturated heterocycles. The van der Waals surface area contributed by atoms with Crippen LogP contribution in [0, 0.1) is 5.92 Å². The van der Waals surface area contributed by atoms with E-state index in [1.807, 2.05) is 13.8 Å². The second-order valence-corrected chi connectivity index (χ2v) is 5.28. The van der Waals surface area contributed by atoms with E-state index in [-0.39, 0.29) is 11.7 Å². The summed E-state index contributed by atoms with van der Waals surface area (Å²) in [6.07, 6.45) is -4.77. The normalized spacial score (nSPS) is 14.8. The Balaban J connectivity index is 2.97. The lowest BCUT2D eigenvalue weighted by Gasteiger charge is -2.28. The number of carbonyl (C=O) groups is 1. The number of hydrogen-bond acceptors (Lipinski definition) is 3. The molecule has 1 atom stereocenters. The van der Waals surface area contributed by atoms with Gasteiger partial charge in [-0.3, -0.25) is 5.32 Å². The fourth-order valence-corrected chi connectivity index (χ4v) is 1.70. The van der Waals surface area contributed by atoms with Crippen molar-refractivity contribution in [1.29, 1.82) is 0 Å². The number of carboxylic acids is 1. The predicted molar refractivity (Wildman–Crippen MR) is 71.0 cm³/mol. The van der Waals surface area contributed by atoms with Crippen LogP contribution in [0.5, 0.6) is 5.75 Å². The molecule has 0 radical (unpaired) electrons. The third-order valence-corrected chi connectivity index (χ3v) is 2.96. The highest BCUT2D eigenvalue weighted by atomic mass is 19.4. The van der Waals surface area contributed by atoms with Crippen molar-refractivity contribution < 1.29 is 27.8 Å². The lowest BCUT2D eigenvalue weighted by molar-refractivity contribution is -0.274. The quantitative estimate of drug-likeness (QED) is 0.848. The average Bonchev–Trinajstić information content (AvgIpc) is 2.34. The molecule has 2 N–H and O–H groups in total. The van der Waals surface area contributed by atoms with Crippen LogP contribution in [0.3, 0.4) is 0 Å². The first kappa shape index (κ1) is 17.3. The Morgan fingerprint density at radius 1 is 1.29 bits per heavy atom. The summed E-state index contributed by atoms with van der Waals surface area (Å²) >= 11 is 0. The summed E-state index contributed by atoms with van der Waals surface area (Å²) in [7, 11) is 0. The Labute approximate surface area is 120 Å². The van der Waals surface area contributed by atoms with E-state index in [0.29, 0.717) is 12.1 Å². The number of halogens is 3. The largest absolute Gasteiger partial charge is 0.573 e. The molecule has 0 spiro atoms. The van der Waals surface area contributed by atoms with Crippen LogP contribution in [0.2, 0.25) is 0 Å². The molecule has 0 amide bonds.